The second kappa shape index (κ2) is 10.6. The molecule has 0 aliphatic carbocycles. The predicted molar refractivity (Wildman–Crippen MR) is 124 cm³/mol. The van der Waals surface area contributed by atoms with E-state index in [9.17, 15) is 22.8 Å². The summed E-state index contributed by atoms with van der Waals surface area (Å²) in [6.45, 7) is 1.19. The third-order valence-corrected chi connectivity index (χ3v) is 5.47. The maximum atomic E-state index is 13.2. The van der Waals surface area contributed by atoms with E-state index in [4.69, 9.17) is 20.4 Å². The molecule has 0 fully saturated rings. The first-order valence-electron chi connectivity index (χ1n) is 10.7. The number of hydrogen-bond acceptors (Lipinski definition) is 5. The fourth-order valence-corrected chi connectivity index (χ4v) is 3.80. The number of fused-ring (bicyclic) bond motifs is 2. The molecule has 8 nitrogen and oxygen atoms in total. The summed E-state index contributed by atoms with van der Waals surface area (Å²) in [4.78, 5) is 39.2. The number of nitrogens with zero attached hydrogens (tertiary/aromatic N) is 1. The van der Waals surface area contributed by atoms with Gasteiger partial charge in [-0.1, -0.05) is 12.1 Å². The lowest BCUT2D eigenvalue weighted by molar-refractivity contribution is -0.192. The number of anilines is 1. The van der Waals surface area contributed by atoms with Crippen LogP contribution in [0.25, 0.3) is 10.9 Å². The lowest BCUT2D eigenvalue weighted by atomic mass is 9.97. The number of amides is 1. The molecule has 186 valence electrons. The second-order valence-corrected chi connectivity index (χ2v) is 7.83. The lowest BCUT2D eigenvalue weighted by Crippen LogP contribution is -2.38. The highest BCUT2D eigenvalue weighted by Gasteiger charge is 2.38. The number of methoxy groups -OCH3 is 1. The van der Waals surface area contributed by atoms with Gasteiger partial charge in [0.15, 0.2) is 0 Å². The van der Waals surface area contributed by atoms with Gasteiger partial charge >= 0.3 is 12.1 Å². The Hall–Kier alpha value is -3.86. The number of aliphatic carboxylic acids is 1. The molecule has 0 spiro atoms. The van der Waals surface area contributed by atoms with Crippen LogP contribution in [0, 0.1) is 0 Å². The Morgan fingerprint density at radius 1 is 1.17 bits per heavy atom. The van der Waals surface area contributed by atoms with Gasteiger partial charge in [0, 0.05) is 23.1 Å². The standard InChI is InChI=1S/C22H23N3O3.C2HF3O2/c1-28-17-5-6-19-16(12-17)13-18(21(26)24-19)22(27)25-10-2-3-15-11-14(8-9-23)4-7-20(15)25;3-2(4,5)1(6)7/h4-7,11-13H,2-3,8-10,23H2,1H3,(H,24,26);(H,6,7). The highest BCUT2D eigenvalue weighted by atomic mass is 19.4. The Kier molecular flexibility index (Phi) is 7.80. The molecule has 1 aliphatic heterocycles. The van der Waals surface area contributed by atoms with Gasteiger partial charge in [-0.05, 0) is 67.3 Å². The third-order valence-electron chi connectivity index (χ3n) is 5.47. The van der Waals surface area contributed by atoms with E-state index in [1.165, 1.54) is 5.56 Å². The van der Waals surface area contributed by atoms with E-state index in [0.717, 1.165) is 35.9 Å². The highest BCUT2D eigenvalue weighted by molar-refractivity contribution is 6.08. The van der Waals surface area contributed by atoms with Crippen LogP contribution in [0.4, 0.5) is 18.9 Å². The van der Waals surface area contributed by atoms with Crippen LogP contribution in [0.15, 0.2) is 47.3 Å². The first-order chi connectivity index (χ1) is 16.5. The van der Waals surface area contributed by atoms with Crippen molar-refractivity contribution in [2.45, 2.75) is 25.4 Å². The number of carboxylic acids is 1. The molecule has 2 heterocycles. The molecule has 0 bridgehead atoms. The van der Waals surface area contributed by atoms with Gasteiger partial charge in [-0.2, -0.15) is 13.2 Å². The van der Waals surface area contributed by atoms with Gasteiger partial charge < -0.3 is 25.5 Å². The molecule has 35 heavy (non-hydrogen) atoms. The van der Waals surface area contributed by atoms with Crippen molar-refractivity contribution in [3.8, 4) is 5.75 Å². The van der Waals surface area contributed by atoms with Gasteiger partial charge in [-0.25, -0.2) is 4.79 Å². The number of rotatable bonds is 4. The molecule has 0 radical (unpaired) electrons. The van der Waals surface area contributed by atoms with Crippen LogP contribution in [-0.4, -0.2) is 48.3 Å². The van der Waals surface area contributed by atoms with Crippen LogP contribution >= 0.6 is 0 Å². The minimum absolute atomic E-state index is 0.139. The third kappa shape index (κ3) is 5.99. The van der Waals surface area contributed by atoms with Crippen LogP contribution in [0.5, 0.6) is 5.75 Å². The molecule has 1 aliphatic rings. The summed E-state index contributed by atoms with van der Waals surface area (Å²) in [6.07, 6.45) is -2.49. The summed E-state index contributed by atoms with van der Waals surface area (Å²) < 4.78 is 37.0. The predicted octanol–water partition coefficient (Wildman–Crippen LogP) is 3.26. The molecule has 1 amide bonds. The molecule has 2 aromatic carbocycles. The van der Waals surface area contributed by atoms with E-state index < -0.39 is 12.1 Å². The van der Waals surface area contributed by atoms with E-state index in [1.54, 1.807) is 30.2 Å². The first kappa shape index (κ1) is 25.8. The van der Waals surface area contributed by atoms with Crippen molar-refractivity contribution in [1.82, 2.24) is 4.98 Å². The van der Waals surface area contributed by atoms with Crippen molar-refractivity contribution >= 4 is 28.5 Å². The average molecular weight is 491 g/mol. The number of pyridine rings is 1. The quantitative estimate of drug-likeness (QED) is 0.514. The Morgan fingerprint density at radius 2 is 1.89 bits per heavy atom. The summed E-state index contributed by atoms with van der Waals surface area (Å²) >= 11 is 0. The minimum Gasteiger partial charge on any atom is -0.497 e. The molecule has 0 saturated carbocycles. The summed E-state index contributed by atoms with van der Waals surface area (Å²) in [5, 5.41) is 7.89. The Balaban J connectivity index is 0.000000429. The van der Waals surface area contributed by atoms with Crippen LogP contribution < -0.4 is 20.9 Å². The number of alkyl halides is 3. The highest BCUT2D eigenvalue weighted by Crippen LogP contribution is 2.29. The number of nitrogens with two attached hydrogens (primary N) is 1. The minimum atomic E-state index is -5.08. The number of carboxylic acid groups (broad SMARTS) is 1. The number of hydrogen-bond donors (Lipinski definition) is 3. The number of aromatic amines is 1. The number of carbonyl (C=O) groups is 2. The average Bonchev–Trinajstić information content (AvgIpc) is 2.82. The van der Waals surface area contributed by atoms with E-state index in [2.05, 4.69) is 11.1 Å². The van der Waals surface area contributed by atoms with Gasteiger partial charge in [0.25, 0.3) is 11.5 Å². The fraction of sp³-hybridized carbons (Fsp3) is 0.292. The van der Waals surface area contributed by atoms with Gasteiger partial charge in [0.2, 0.25) is 0 Å². The molecule has 1 aromatic heterocycles. The van der Waals surface area contributed by atoms with E-state index >= 15 is 0 Å². The molecule has 4 N–H and O–H groups in total. The van der Waals surface area contributed by atoms with Crippen molar-refractivity contribution in [2.24, 2.45) is 5.73 Å². The van der Waals surface area contributed by atoms with Gasteiger partial charge in [0.1, 0.15) is 11.3 Å². The zero-order chi connectivity index (χ0) is 25.8. The Bertz CT molecular complexity index is 1300. The maximum Gasteiger partial charge on any atom is 0.490 e. The second-order valence-electron chi connectivity index (χ2n) is 7.83. The summed E-state index contributed by atoms with van der Waals surface area (Å²) in [5.74, 6) is -2.36. The summed E-state index contributed by atoms with van der Waals surface area (Å²) in [6, 6.07) is 13.1. The topological polar surface area (TPSA) is 126 Å². The van der Waals surface area contributed by atoms with Gasteiger partial charge in [-0.15, -0.1) is 0 Å². The lowest BCUT2D eigenvalue weighted by Gasteiger charge is -2.30. The van der Waals surface area contributed by atoms with Crippen molar-refractivity contribution in [1.29, 1.82) is 0 Å². The SMILES string of the molecule is COc1ccc2[nH]c(=O)c(C(=O)N3CCCc4cc(CCN)ccc43)cc2c1.O=C(O)C(F)(F)F. The van der Waals surface area contributed by atoms with Gasteiger partial charge in [0.05, 0.1) is 7.11 Å². The molecular formula is C24H24F3N3O5. The molecule has 4 rings (SSSR count). The van der Waals surface area contributed by atoms with Crippen molar-refractivity contribution in [3.05, 3.63) is 69.5 Å². The number of carbonyl (C=O) groups excluding carboxylic acids is 1. The van der Waals surface area contributed by atoms with Crippen LogP contribution in [0.1, 0.15) is 27.9 Å². The van der Waals surface area contributed by atoms with E-state index in [-0.39, 0.29) is 17.0 Å². The Morgan fingerprint density at radius 3 is 2.51 bits per heavy atom. The smallest absolute Gasteiger partial charge is 0.490 e. The van der Waals surface area contributed by atoms with Crippen LogP contribution in [0.3, 0.4) is 0 Å². The molecular weight excluding hydrogens is 467 g/mol. The zero-order valence-corrected chi connectivity index (χ0v) is 18.8. The Labute approximate surface area is 198 Å². The number of ether oxygens (including phenoxy) is 1. The first-order valence-corrected chi connectivity index (χ1v) is 10.7. The fourth-order valence-electron chi connectivity index (χ4n) is 3.80. The molecule has 11 heteroatoms. The van der Waals surface area contributed by atoms with Crippen LogP contribution in [0.2, 0.25) is 0 Å². The molecule has 0 atom stereocenters. The number of halogens is 3. The normalized spacial score (nSPS) is 13.0. The maximum absolute atomic E-state index is 13.2. The number of nitrogens with one attached hydrogen (secondary N) is 1. The van der Waals surface area contributed by atoms with E-state index in [0.29, 0.717) is 24.4 Å². The largest absolute Gasteiger partial charge is 0.497 e. The summed E-state index contributed by atoms with van der Waals surface area (Å²) in [5.41, 5.74) is 9.27. The number of aromatic nitrogens is 1. The van der Waals surface area contributed by atoms with Crippen LogP contribution in [-0.2, 0) is 17.6 Å². The summed E-state index contributed by atoms with van der Waals surface area (Å²) in [7, 11) is 1.59. The van der Waals surface area contributed by atoms with Gasteiger partial charge in [-0.3, -0.25) is 9.59 Å². The van der Waals surface area contributed by atoms with E-state index in [1.807, 2.05) is 18.2 Å². The number of aryl methyl sites for hydroxylation is 1. The zero-order valence-electron chi connectivity index (χ0n) is 18.8. The molecule has 0 unspecified atom stereocenters. The monoisotopic (exact) mass is 491 g/mol. The molecule has 3 aromatic rings. The van der Waals surface area contributed by atoms with Crippen molar-refractivity contribution in [3.63, 3.8) is 0 Å². The van der Waals surface area contributed by atoms with Crippen molar-refractivity contribution < 1.29 is 32.6 Å². The number of H-pyrrole nitrogens is 1. The van der Waals surface area contributed by atoms with Crippen molar-refractivity contribution in [2.75, 3.05) is 25.1 Å². The number of benzene rings is 2. The molecule has 0 saturated heterocycles.